The zero-order valence-electron chi connectivity index (χ0n) is 13.4. The standard InChI is InChI=1S/C19H30N2/c1-2-10-20-19(9-8-18-5-3-4-11-21-18)14-17-13-15-6-7-16(17)12-15/h3-5,11,15-17,19-20H,2,6-10,12-14H2,1H3. The molecule has 2 aliphatic carbocycles. The molecule has 21 heavy (non-hydrogen) atoms. The highest BCUT2D eigenvalue weighted by Gasteiger charge is 2.39. The van der Waals surface area contributed by atoms with Crippen LogP contribution >= 0.6 is 0 Å². The first-order chi connectivity index (χ1) is 10.3. The van der Waals surface area contributed by atoms with Crippen molar-refractivity contribution in [1.82, 2.24) is 10.3 Å². The molecule has 2 heteroatoms. The summed E-state index contributed by atoms with van der Waals surface area (Å²) in [7, 11) is 0. The lowest BCUT2D eigenvalue weighted by Crippen LogP contribution is -2.33. The van der Waals surface area contributed by atoms with Gasteiger partial charge in [0.2, 0.25) is 0 Å². The van der Waals surface area contributed by atoms with E-state index in [9.17, 15) is 0 Å². The molecule has 0 saturated heterocycles. The summed E-state index contributed by atoms with van der Waals surface area (Å²) in [5.74, 6) is 3.13. The predicted octanol–water partition coefficient (Wildman–Crippen LogP) is 4.21. The minimum absolute atomic E-state index is 0.691. The number of nitrogens with one attached hydrogen (secondary N) is 1. The minimum atomic E-state index is 0.691. The van der Waals surface area contributed by atoms with E-state index in [-0.39, 0.29) is 0 Å². The molecule has 0 amide bonds. The lowest BCUT2D eigenvalue weighted by Gasteiger charge is -2.27. The number of aryl methyl sites for hydroxylation is 1. The highest BCUT2D eigenvalue weighted by molar-refractivity contribution is 5.04. The Morgan fingerprint density at radius 1 is 1.29 bits per heavy atom. The number of hydrogen-bond acceptors (Lipinski definition) is 2. The molecule has 0 aromatic carbocycles. The summed E-state index contributed by atoms with van der Waals surface area (Å²) in [6.45, 7) is 3.42. The lowest BCUT2D eigenvalue weighted by molar-refractivity contribution is 0.271. The van der Waals surface area contributed by atoms with Crippen LogP contribution in [0.1, 0.15) is 57.6 Å². The number of nitrogens with zero attached hydrogens (tertiary/aromatic N) is 1. The second-order valence-electron chi connectivity index (χ2n) is 7.18. The van der Waals surface area contributed by atoms with Gasteiger partial charge in [0.05, 0.1) is 0 Å². The zero-order valence-corrected chi connectivity index (χ0v) is 13.4. The largest absolute Gasteiger partial charge is 0.314 e. The SMILES string of the molecule is CCCNC(CCc1ccccn1)CC1CC2CCC1C2. The summed E-state index contributed by atoms with van der Waals surface area (Å²) >= 11 is 0. The van der Waals surface area contributed by atoms with Gasteiger partial charge in [-0.1, -0.05) is 19.4 Å². The van der Waals surface area contributed by atoms with Crippen LogP contribution in [0.15, 0.2) is 24.4 Å². The van der Waals surface area contributed by atoms with E-state index in [1.807, 2.05) is 12.3 Å². The molecule has 2 nitrogen and oxygen atoms in total. The van der Waals surface area contributed by atoms with Gasteiger partial charge in [-0.3, -0.25) is 4.98 Å². The van der Waals surface area contributed by atoms with Gasteiger partial charge >= 0.3 is 0 Å². The number of aromatic nitrogens is 1. The average Bonchev–Trinajstić information content (AvgIpc) is 3.13. The van der Waals surface area contributed by atoms with Gasteiger partial charge in [-0.2, -0.15) is 0 Å². The van der Waals surface area contributed by atoms with Gasteiger partial charge in [0.1, 0.15) is 0 Å². The molecule has 116 valence electrons. The van der Waals surface area contributed by atoms with Gasteiger partial charge in [0, 0.05) is 17.9 Å². The summed E-state index contributed by atoms with van der Waals surface area (Å²) in [5, 5.41) is 3.80. The van der Waals surface area contributed by atoms with Crippen molar-refractivity contribution in [3.8, 4) is 0 Å². The Morgan fingerprint density at radius 2 is 2.24 bits per heavy atom. The van der Waals surface area contributed by atoms with Crippen LogP contribution in [-0.4, -0.2) is 17.6 Å². The molecule has 2 fully saturated rings. The van der Waals surface area contributed by atoms with Crippen LogP contribution in [0.25, 0.3) is 0 Å². The third-order valence-electron chi connectivity index (χ3n) is 5.63. The van der Waals surface area contributed by atoms with Crippen molar-refractivity contribution < 1.29 is 0 Å². The van der Waals surface area contributed by atoms with Gasteiger partial charge in [-0.15, -0.1) is 0 Å². The Balaban J connectivity index is 1.51. The molecule has 2 bridgehead atoms. The molecular formula is C19H30N2. The van der Waals surface area contributed by atoms with Crippen LogP contribution in [0.2, 0.25) is 0 Å². The van der Waals surface area contributed by atoms with E-state index in [0.717, 1.165) is 30.7 Å². The normalized spacial score (nSPS) is 28.9. The molecule has 1 N–H and O–H groups in total. The van der Waals surface area contributed by atoms with Crippen LogP contribution in [0, 0.1) is 17.8 Å². The Labute approximate surface area is 129 Å². The molecule has 4 atom stereocenters. The fourth-order valence-electron chi connectivity index (χ4n) is 4.55. The van der Waals surface area contributed by atoms with Crippen LogP contribution in [0.3, 0.4) is 0 Å². The molecular weight excluding hydrogens is 256 g/mol. The van der Waals surface area contributed by atoms with Gasteiger partial charge in [-0.05, 0) is 81.4 Å². The van der Waals surface area contributed by atoms with Crippen LogP contribution in [0.4, 0.5) is 0 Å². The predicted molar refractivity (Wildman–Crippen MR) is 88.2 cm³/mol. The first kappa shape index (κ1) is 15.0. The average molecular weight is 286 g/mol. The highest BCUT2D eigenvalue weighted by atomic mass is 14.9. The van der Waals surface area contributed by atoms with E-state index in [1.165, 1.54) is 50.6 Å². The summed E-state index contributed by atoms with van der Waals surface area (Å²) in [6.07, 6.45) is 13.0. The van der Waals surface area contributed by atoms with Crippen molar-refractivity contribution in [2.75, 3.05) is 6.54 Å². The quantitative estimate of drug-likeness (QED) is 0.774. The van der Waals surface area contributed by atoms with E-state index >= 15 is 0 Å². The zero-order chi connectivity index (χ0) is 14.5. The number of hydrogen-bond donors (Lipinski definition) is 1. The van der Waals surface area contributed by atoms with Crippen molar-refractivity contribution in [1.29, 1.82) is 0 Å². The Morgan fingerprint density at radius 3 is 2.90 bits per heavy atom. The number of rotatable bonds is 8. The van der Waals surface area contributed by atoms with Gasteiger partial charge in [-0.25, -0.2) is 0 Å². The molecule has 1 heterocycles. The fraction of sp³-hybridized carbons (Fsp3) is 0.737. The number of pyridine rings is 1. The van der Waals surface area contributed by atoms with Crippen molar-refractivity contribution in [3.05, 3.63) is 30.1 Å². The van der Waals surface area contributed by atoms with E-state index in [0.29, 0.717) is 6.04 Å². The summed E-state index contributed by atoms with van der Waals surface area (Å²) in [4.78, 5) is 4.47. The van der Waals surface area contributed by atoms with E-state index in [4.69, 9.17) is 0 Å². The fourth-order valence-corrected chi connectivity index (χ4v) is 4.55. The minimum Gasteiger partial charge on any atom is -0.314 e. The van der Waals surface area contributed by atoms with E-state index in [1.54, 1.807) is 0 Å². The molecule has 2 saturated carbocycles. The van der Waals surface area contributed by atoms with Crippen molar-refractivity contribution >= 4 is 0 Å². The second-order valence-corrected chi connectivity index (χ2v) is 7.18. The molecule has 0 radical (unpaired) electrons. The lowest BCUT2D eigenvalue weighted by atomic mass is 9.83. The van der Waals surface area contributed by atoms with Crippen LogP contribution < -0.4 is 5.32 Å². The molecule has 0 spiro atoms. The Bertz CT molecular complexity index is 417. The Hall–Kier alpha value is -0.890. The smallest absolute Gasteiger partial charge is 0.0404 e. The maximum atomic E-state index is 4.47. The van der Waals surface area contributed by atoms with Gasteiger partial charge in [0.25, 0.3) is 0 Å². The van der Waals surface area contributed by atoms with Gasteiger partial charge < -0.3 is 5.32 Å². The van der Waals surface area contributed by atoms with Crippen molar-refractivity contribution in [2.24, 2.45) is 17.8 Å². The number of fused-ring (bicyclic) bond motifs is 2. The third-order valence-corrected chi connectivity index (χ3v) is 5.63. The summed E-state index contributed by atoms with van der Waals surface area (Å²) in [5.41, 5.74) is 1.24. The molecule has 0 aliphatic heterocycles. The molecule has 2 aliphatic rings. The monoisotopic (exact) mass is 286 g/mol. The van der Waals surface area contributed by atoms with Crippen LogP contribution in [-0.2, 0) is 6.42 Å². The van der Waals surface area contributed by atoms with Crippen molar-refractivity contribution in [2.45, 2.75) is 64.3 Å². The Kier molecular flexibility index (Phi) is 5.29. The molecule has 1 aromatic heterocycles. The third kappa shape index (κ3) is 4.06. The molecule has 1 aromatic rings. The molecule has 4 unspecified atom stereocenters. The van der Waals surface area contributed by atoms with Crippen molar-refractivity contribution in [3.63, 3.8) is 0 Å². The van der Waals surface area contributed by atoms with E-state index in [2.05, 4.69) is 29.4 Å². The highest BCUT2D eigenvalue weighted by Crippen LogP contribution is 2.50. The maximum Gasteiger partial charge on any atom is 0.0404 e. The first-order valence-electron chi connectivity index (χ1n) is 8.98. The summed E-state index contributed by atoms with van der Waals surface area (Å²) in [6, 6.07) is 6.96. The van der Waals surface area contributed by atoms with E-state index < -0.39 is 0 Å². The van der Waals surface area contributed by atoms with Crippen LogP contribution in [0.5, 0.6) is 0 Å². The topological polar surface area (TPSA) is 24.9 Å². The first-order valence-corrected chi connectivity index (χ1v) is 8.98. The van der Waals surface area contributed by atoms with Gasteiger partial charge in [0.15, 0.2) is 0 Å². The maximum absolute atomic E-state index is 4.47. The molecule has 3 rings (SSSR count). The summed E-state index contributed by atoms with van der Waals surface area (Å²) < 4.78 is 0. The second kappa shape index (κ2) is 7.40.